The smallest absolute Gasteiger partial charge is 0.238 e. The first kappa shape index (κ1) is 17.5. The molecule has 1 saturated heterocycles. The highest BCUT2D eigenvalue weighted by Gasteiger charge is 2.43. The second-order valence-electron chi connectivity index (χ2n) is 8.39. The SMILES string of the molecule is N#C[C@H](Cc1ccc(C2CCCCC2)cc1)NC(=O)C1NC2CCC1C2. The van der Waals surface area contributed by atoms with Gasteiger partial charge in [-0.3, -0.25) is 4.79 Å². The van der Waals surface area contributed by atoms with Crippen molar-refractivity contribution in [3.63, 3.8) is 0 Å². The number of nitriles is 1. The lowest BCUT2D eigenvalue weighted by atomic mass is 9.84. The Morgan fingerprint density at radius 2 is 1.92 bits per heavy atom. The molecule has 2 saturated carbocycles. The summed E-state index contributed by atoms with van der Waals surface area (Å²) in [4.78, 5) is 12.5. The quantitative estimate of drug-likeness (QED) is 0.854. The minimum atomic E-state index is -0.455. The molecule has 3 aliphatic rings. The minimum absolute atomic E-state index is 0.00238. The Hall–Kier alpha value is -1.86. The summed E-state index contributed by atoms with van der Waals surface area (Å²) in [5.41, 5.74) is 2.55. The molecule has 2 bridgehead atoms. The van der Waals surface area contributed by atoms with Crippen molar-refractivity contribution < 1.29 is 4.79 Å². The summed E-state index contributed by atoms with van der Waals surface area (Å²) in [6, 6.07) is 10.9. The molecule has 1 aromatic rings. The van der Waals surface area contributed by atoms with Gasteiger partial charge in [0.15, 0.2) is 0 Å². The van der Waals surface area contributed by atoms with Crippen LogP contribution in [0, 0.1) is 17.2 Å². The van der Waals surface area contributed by atoms with Crippen LogP contribution in [0.15, 0.2) is 24.3 Å². The third-order valence-corrected chi connectivity index (χ3v) is 6.61. The van der Waals surface area contributed by atoms with Gasteiger partial charge in [0.05, 0.1) is 12.1 Å². The van der Waals surface area contributed by atoms with Gasteiger partial charge in [-0.25, -0.2) is 0 Å². The van der Waals surface area contributed by atoms with Crippen LogP contribution >= 0.6 is 0 Å². The lowest BCUT2D eigenvalue weighted by Gasteiger charge is -2.24. The number of piperidine rings is 1. The van der Waals surface area contributed by atoms with Gasteiger partial charge in [-0.05, 0) is 55.1 Å². The van der Waals surface area contributed by atoms with Gasteiger partial charge in [0.25, 0.3) is 0 Å². The second-order valence-corrected chi connectivity index (χ2v) is 8.39. The van der Waals surface area contributed by atoms with Gasteiger partial charge in [-0.1, -0.05) is 43.5 Å². The molecule has 1 amide bonds. The van der Waals surface area contributed by atoms with Crippen LogP contribution in [0.25, 0.3) is 0 Å². The lowest BCUT2D eigenvalue weighted by Crippen LogP contribution is -2.50. The van der Waals surface area contributed by atoms with E-state index in [1.807, 2.05) is 0 Å². The number of rotatable bonds is 5. The molecule has 138 valence electrons. The summed E-state index contributed by atoms with van der Waals surface area (Å²) < 4.78 is 0. The number of hydrogen-bond acceptors (Lipinski definition) is 3. The van der Waals surface area contributed by atoms with Gasteiger partial charge in [0, 0.05) is 12.5 Å². The number of amides is 1. The fraction of sp³-hybridized carbons (Fsp3) is 0.636. The molecule has 2 N–H and O–H groups in total. The lowest BCUT2D eigenvalue weighted by molar-refractivity contribution is -0.124. The molecular formula is C22H29N3O. The average Bonchev–Trinajstić information content (AvgIpc) is 3.32. The molecule has 0 radical (unpaired) electrons. The molecule has 0 aromatic heterocycles. The maximum absolute atomic E-state index is 12.5. The van der Waals surface area contributed by atoms with Gasteiger partial charge in [0.2, 0.25) is 5.91 Å². The molecule has 4 rings (SSSR count). The number of hydrogen-bond donors (Lipinski definition) is 2. The average molecular weight is 351 g/mol. The third kappa shape index (κ3) is 3.78. The molecule has 1 aromatic carbocycles. The van der Waals surface area contributed by atoms with Gasteiger partial charge >= 0.3 is 0 Å². The summed E-state index contributed by atoms with van der Waals surface area (Å²) in [7, 11) is 0. The molecular weight excluding hydrogens is 322 g/mol. The van der Waals surface area contributed by atoms with Crippen LogP contribution in [0.4, 0.5) is 0 Å². The normalized spacial score (nSPS) is 29.3. The highest BCUT2D eigenvalue weighted by Crippen LogP contribution is 2.35. The zero-order valence-corrected chi connectivity index (χ0v) is 15.4. The summed E-state index contributed by atoms with van der Waals surface area (Å²) >= 11 is 0. The highest BCUT2D eigenvalue weighted by atomic mass is 16.2. The maximum Gasteiger partial charge on any atom is 0.238 e. The van der Waals surface area contributed by atoms with Crippen LogP contribution in [0.3, 0.4) is 0 Å². The number of carbonyl (C=O) groups is 1. The van der Waals surface area contributed by atoms with Crippen LogP contribution in [-0.2, 0) is 11.2 Å². The standard InChI is InChI=1S/C22H29N3O/c23-14-20(25-22(26)21-18-10-11-19(13-18)24-21)12-15-6-8-17(9-7-15)16-4-2-1-3-5-16/h6-9,16,18-21,24H,1-5,10-13H2,(H,25,26)/t18?,19?,20-,21?/m0/s1. The summed E-state index contributed by atoms with van der Waals surface area (Å²) in [5.74, 6) is 1.16. The number of nitrogens with one attached hydrogen (secondary N) is 2. The van der Waals surface area contributed by atoms with Crippen LogP contribution in [-0.4, -0.2) is 24.0 Å². The summed E-state index contributed by atoms with van der Waals surface area (Å²) in [6.07, 6.45) is 10.7. The van der Waals surface area contributed by atoms with Gasteiger partial charge in [-0.15, -0.1) is 0 Å². The minimum Gasteiger partial charge on any atom is -0.339 e. The Balaban J connectivity index is 1.33. The van der Waals surface area contributed by atoms with Crippen LogP contribution in [0.1, 0.15) is 68.4 Å². The van der Waals surface area contributed by atoms with E-state index in [0.717, 1.165) is 18.4 Å². The Kier molecular flexibility index (Phi) is 5.26. The number of nitrogens with zero attached hydrogens (tertiary/aromatic N) is 1. The van der Waals surface area contributed by atoms with E-state index >= 15 is 0 Å². The van der Waals surface area contributed by atoms with Crippen molar-refractivity contribution in [3.8, 4) is 6.07 Å². The predicted molar refractivity (Wildman–Crippen MR) is 102 cm³/mol. The molecule has 2 aliphatic carbocycles. The fourth-order valence-electron chi connectivity index (χ4n) is 5.14. The Bertz CT molecular complexity index is 672. The van der Waals surface area contributed by atoms with Crippen LogP contribution in [0.2, 0.25) is 0 Å². The van der Waals surface area contributed by atoms with Crippen LogP contribution in [0.5, 0.6) is 0 Å². The Morgan fingerprint density at radius 3 is 2.54 bits per heavy atom. The monoisotopic (exact) mass is 351 g/mol. The number of fused-ring (bicyclic) bond motifs is 2. The van der Waals surface area contributed by atoms with E-state index in [1.165, 1.54) is 44.1 Å². The zero-order chi connectivity index (χ0) is 17.9. The van der Waals surface area contributed by atoms with Crippen molar-refractivity contribution in [1.82, 2.24) is 10.6 Å². The van der Waals surface area contributed by atoms with E-state index < -0.39 is 6.04 Å². The molecule has 26 heavy (non-hydrogen) atoms. The van der Waals surface area contributed by atoms with E-state index in [-0.39, 0.29) is 11.9 Å². The second kappa shape index (κ2) is 7.80. The van der Waals surface area contributed by atoms with E-state index in [2.05, 4.69) is 41.0 Å². The largest absolute Gasteiger partial charge is 0.339 e. The van der Waals surface area contributed by atoms with Crippen LogP contribution < -0.4 is 10.6 Å². The first-order valence-electron chi connectivity index (χ1n) is 10.3. The van der Waals surface area contributed by atoms with Crippen molar-refractivity contribution in [1.29, 1.82) is 5.26 Å². The molecule has 3 fully saturated rings. The van der Waals surface area contributed by atoms with Crippen molar-refractivity contribution >= 4 is 5.91 Å². The summed E-state index contributed by atoms with van der Waals surface area (Å²) in [5, 5.41) is 15.8. The van der Waals surface area contributed by atoms with E-state index in [1.54, 1.807) is 0 Å². The molecule has 3 unspecified atom stereocenters. The first-order chi connectivity index (χ1) is 12.7. The maximum atomic E-state index is 12.5. The molecule has 1 aliphatic heterocycles. The predicted octanol–water partition coefficient (Wildman–Crippen LogP) is 3.43. The zero-order valence-electron chi connectivity index (χ0n) is 15.4. The Labute approximate surface area is 156 Å². The molecule has 4 nitrogen and oxygen atoms in total. The van der Waals surface area contributed by atoms with E-state index in [9.17, 15) is 10.1 Å². The summed E-state index contributed by atoms with van der Waals surface area (Å²) in [6.45, 7) is 0. The first-order valence-corrected chi connectivity index (χ1v) is 10.3. The Morgan fingerprint density at radius 1 is 1.15 bits per heavy atom. The van der Waals surface area contributed by atoms with Gasteiger partial charge in [-0.2, -0.15) is 5.26 Å². The van der Waals surface area contributed by atoms with Gasteiger partial charge in [0.1, 0.15) is 6.04 Å². The highest BCUT2D eigenvalue weighted by molar-refractivity contribution is 5.83. The topological polar surface area (TPSA) is 64.9 Å². The molecule has 4 atom stereocenters. The number of benzene rings is 1. The third-order valence-electron chi connectivity index (χ3n) is 6.61. The molecule has 0 spiro atoms. The van der Waals surface area contributed by atoms with Crippen molar-refractivity contribution in [2.45, 2.75) is 81.8 Å². The number of carbonyl (C=O) groups excluding carboxylic acids is 1. The van der Waals surface area contributed by atoms with E-state index in [4.69, 9.17) is 0 Å². The molecule has 4 heteroatoms. The molecule has 1 heterocycles. The fourth-order valence-corrected chi connectivity index (χ4v) is 5.14. The van der Waals surface area contributed by atoms with Crippen molar-refractivity contribution in [2.75, 3.05) is 0 Å². The van der Waals surface area contributed by atoms with Crippen molar-refractivity contribution in [3.05, 3.63) is 35.4 Å². The van der Waals surface area contributed by atoms with E-state index in [0.29, 0.717) is 24.3 Å². The van der Waals surface area contributed by atoms with Gasteiger partial charge < -0.3 is 10.6 Å². The van der Waals surface area contributed by atoms with Crippen molar-refractivity contribution in [2.24, 2.45) is 5.92 Å².